The zero-order valence-corrected chi connectivity index (χ0v) is 11.7. The summed E-state index contributed by atoms with van der Waals surface area (Å²) in [6.45, 7) is 0. The number of amides is 1. The maximum Gasteiger partial charge on any atom is 0.227 e. The Hall–Kier alpha value is -1.87. The van der Waals surface area contributed by atoms with Gasteiger partial charge >= 0.3 is 0 Å². The third-order valence-electron chi connectivity index (χ3n) is 3.73. The molecule has 1 amide bonds. The number of carbonyl (C=O) groups is 1. The van der Waals surface area contributed by atoms with Crippen LogP contribution in [0.5, 0.6) is 0 Å². The number of aryl methyl sites for hydroxylation is 1. The molecule has 3 nitrogen and oxygen atoms in total. The van der Waals surface area contributed by atoms with Gasteiger partial charge in [-0.1, -0.05) is 35.9 Å². The van der Waals surface area contributed by atoms with Gasteiger partial charge in [0.25, 0.3) is 0 Å². The van der Waals surface area contributed by atoms with E-state index in [1.54, 1.807) is 18.3 Å². The number of aromatic nitrogens is 1. The summed E-state index contributed by atoms with van der Waals surface area (Å²) in [5, 5.41) is 3.21. The van der Waals surface area contributed by atoms with E-state index in [0.29, 0.717) is 10.8 Å². The average molecular weight is 287 g/mol. The first-order chi connectivity index (χ1) is 9.74. The smallest absolute Gasteiger partial charge is 0.227 e. The molecule has 1 heterocycles. The summed E-state index contributed by atoms with van der Waals surface area (Å²) >= 11 is 5.96. The van der Waals surface area contributed by atoms with Gasteiger partial charge in [-0.05, 0) is 42.5 Å². The molecule has 2 aromatic rings. The summed E-state index contributed by atoms with van der Waals surface area (Å²) in [6.07, 6.45) is 4.23. The number of carbonyl (C=O) groups excluding carboxylic acids is 1. The van der Waals surface area contributed by atoms with Gasteiger partial charge < -0.3 is 5.32 Å². The van der Waals surface area contributed by atoms with Crippen LogP contribution in [0.25, 0.3) is 0 Å². The van der Waals surface area contributed by atoms with E-state index in [1.165, 1.54) is 11.1 Å². The molecule has 0 fully saturated rings. The quantitative estimate of drug-likeness (QED) is 0.859. The minimum Gasteiger partial charge on any atom is -0.323 e. The highest BCUT2D eigenvalue weighted by atomic mass is 35.5. The molecule has 0 saturated carbocycles. The Morgan fingerprint density at radius 2 is 2.00 bits per heavy atom. The molecule has 1 aromatic carbocycles. The van der Waals surface area contributed by atoms with Crippen LogP contribution in [0, 0.1) is 5.92 Å². The van der Waals surface area contributed by atoms with Crippen LogP contribution < -0.4 is 5.32 Å². The number of anilines is 1. The third-order valence-corrected chi connectivity index (χ3v) is 4.04. The van der Waals surface area contributed by atoms with E-state index < -0.39 is 0 Å². The van der Waals surface area contributed by atoms with Crippen LogP contribution in [0.1, 0.15) is 17.5 Å². The Kier molecular flexibility index (Phi) is 3.70. The van der Waals surface area contributed by atoms with Gasteiger partial charge in [0, 0.05) is 12.1 Å². The van der Waals surface area contributed by atoms with Crippen molar-refractivity contribution in [2.45, 2.75) is 19.3 Å². The third kappa shape index (κ3) is 2.68. The number of benzene rings is 1. The second-order valence-electron chi connectivity index (χ2n) is 5.04. The number of hydrogen-bond acceptors (Lipinski definition) is 2. The second-order valence-corrected chi connectivity index (χ2v) is 5.40. The first-order valence-electron chi connectivity index (χ1n) is 6.72. The molecule has 102 valence electrons. The van der Waals surface area contributed by atoms with Crippen LogP contribution in [-0.2, 0) is 17.6 Å². The number of fused-ring (bicyclic) bond motifs is 1. The molecule has 0 bridgehead atoms. The van der Waals surface area contributed by atoms with Gasteiger partial charge in [-0.2, -0.15) is 0 Å². The molecular weight excluding hydrogens is 272 g/mol. The molecule has 0 saturated heterocycles. The molecule has 1 aliphatic rings. The van der Waals surface area contributed by atoms with Crippen LogP contribution in [-0.4, -0.2) is 10.9 Å². The first kappa shape index (κ1) is 13.1. The molecule has 20 heavy (non-hydrogen) atoms. The van der Waals surface area contributed by atoms with Crippen LogP contribution >= 0.6 is 11.6 Å². The summed E-state index contributed by atoms with van der Waals surface area (Å²) in [7, 11) is 0. The standard InChI is InChI=1S/C16H15ClN2O/c17-15-14(6-3-9-18-15)19-16(20)13-8-7-11-4-1-2-5-12(11)10-13/h1-6,9,13H,7-8,10H2,(H,19,20). The Balaban J connectivity index is 1.72. The molecular formula is C16H15ClN2O. The minimum atomic E-state index is 0.00109. The molecule has 0 spiro atoms. The highest BCUT2D eigenvalue weighted by molar-refractivity contribution is 6.32. The molecule has 1 aliphatic carbocycles. The zero-order valence-electron chi connectivity index (χ0n) is 11.0. The van der Waals surface area contributed by atoms with Gasteiger partial charge in [-0.25, -0.2) is 4.98 Å². The zero-order chi connectivity index (χ0) is 13.9. The van der Waals surface area contributed by atoms with Crippen molar-refractivity contribution in [2.75, 3.05) is 5.32 Å². The van der Waals surface area contributed by atoms with Gasteiger partial charge in [0.1, 0.15) is 0 Å². The lowest BCUT2D eigenvalue weighted by molar-refractivity contribution is -0.120. The summed E-state index contributed by atoms with van der Waals surface area (Å²) < 4.78 is 0. The monoisotopic (exact) mass is 286 g/mol. The normalized spacial score (nSPS) is 17.4. The van der Waals surface area contributed by atoms with Crippen LogP contribution in [0.2, 0.25) is 5.15 Å². The molecule has 4 heteroatoms. The maximum absolute atomic E-state index is 12.3. The Labute approximate surface area is 123 Å². The van der Waals surface area contributed by atoms with Gasteiger partial charge in [0.2, 0.25) is 5.91 Å². The van der Waals surface area contributed by atoms with Crippen LogP contribution in [0.15, 0.2) is 42.6 Å². The fourth-order valence-corrected chi connectivity index (χ4v) is 2.80. The van der Waals surface area contributed by atoms with Gasteiger partial charge in [0.15, 0.2) is 5.15 Å². The molecule has 1 aromatic heterocycles. The number of pyridine rings is 1. The Morgan fingerprint density at radius 3 is 2.80 bits per heavy atom. The van der Waals surface area contributed by atoms with Crippen molar-refractivity contribution < 1.29 is 4.79 Å². The van der Waals surface area contributed by atoms with E-state index in [2.05, 4.69) is 28.5 Å². The maximum atomic E-state index is 12.3. The van der Waals surface area contributed by atoms with Crippen LogP contribution in [0.4, 0.5) is 5.69 Å². The lowest BCUT2D eigenvalue weighted by atomic mass is 9.83. The van der Waals surface area contributed by atoms with Gasteiger partial charge in [-0.15, -0.1) is 0 Å². The average Bonchev–Trinajstić information content (AvgIpc) is 2.49. The predicted molar refractivity (Wildman–Crippen MR) is 79.8 cm³/mol. The number of halogens is 1. The fourth-order valence-electron chi connectivity index (χ4n) is 2.64. The van der Waals surface area contributed by atoms with Crippen molar-refractivity contribution in [3.63, 3.8) is 0 Å². The lowest BCUT2D eigenvalue weighted by Gasteiger charge is -2.23. The molecule has 0 aliphatic heterocycles. The van der Waals surface area contributed by atoms with E-state index in [1.807, 2.05) is 6.07 Å². The summed E-state index contributed by atoms with van der Waals surface area (Å²) in [5.41, 5.74) is 3.21. The van der Waals surface area contributed by atoms with E-state index in [9.17, 15) is 4.79 Å². The predicted octanol–water partition coefficient (Wildman–Crippen LogP) is 3.48. The second kappa shape index (κ2) is 5.63. The van der Waals surface area contributed by atoms with Crippen LogP contribution in [0.3, 0.4) is 0 Å². The molecule has 3 rings (SSSR count). The number of nitrogens with one attached hydrogen (secondary N) is 1. The molecule has 0 radical (unpaired) electrons. The molecule has 1 unspecified atom stereocenters. The first-order valence-corrected chi connectivity index (χ1v) is 7.10. The van der Waals surface area contributed by atoms with Crippen molar-refractivity contribution in [2.24, 2.45) is 5.92 Å². The molecule has 1 N–H and O–H groups in total. The van der Waals surface area contributed by atoms with E-state index in [-0.39, 0.29) is 11.8 Å². The van der Waals surface area contributed by atoms with Crippen molar-refractivity contribution in [1.82, 2.24) is 4.98 Å². The number of hydrogen-bond donors (Lipinski definition) is 1. The number of nitrogens with zero attached hydrogens (tertiary/aromatic N) is 1. The summed E-state index contributed by atoms with van der Waals surface area (Å²) in [6, 6.07) is 11.8. The van der Waals surface area contributed by atoms with E-state index >= 15 is 0 Å². The Bertz CT molecular complexity index is 642. The van der Waals surface area contributed by atoms with Gasteiger partial charge in [-0.3, -0.25) is 4.79 Å². The highest BCUT2D eigenvalue weighted by Crippen LogP contribution is 2.27. The lowest BCUT2D eigenvalue weighted by Crippen LogP contribution is -2.28. The van der Waals surface area contributed by atoms with Crippen molar-refractivity contribution >= 4 is 23.2 Å². The van der Waals surface area contributed by atoms with Crippen molar-refractivity contribution in [1.29, 1.82) is 0 Å². The van der Waals surface area contributed by atoms with E-state index in [0.717, 1.165) is 19.3 Å². The Morgan fingerprint density at radius 1 is 1.20 bits per heavy atom. The fraction of sp³-hybridized carbons (Fsp3) is 0.250. The minimum absolute atomic E-state index is 0.00109. The highest BCUT2D eigenvalue weighted by Gasteiger charge is 2.24. The topological polar surface area (TPSA) is 42.0 Å². The molecule has 1 atom stereocenters. The van der Waals surface area contributed by atoms with Crippen molar-refractivity contribution in [3.8, 4) is 0 Å². The van der Waals surface area contributed by atoms with E-state index in [4.69, 9.17) is 11.6 Å². The number of rotatable bonds is 2. The SMILES string of the molecule is O=C(Nc1cccnc1Cl)C1CCc2ccccc2C1. The van der Waals surface area contributed by atoms with Gasteiger partial charge in [0.05, 0.1) is 5.69 Å². The summed E-state index contributed by atoms with van der Waals surface area (Å²) in [5.74, 6) is 0.0237. The largest absolute Gasteiger partial charge is 0.323 e. The van der Waals surface area contributed by atoms with Crippen molar-refractivity contribution in [3.05, 3.63) is 58.9 Å². The summed E-state index contributed by atoms with van der Waals surface area (Å²) in [4.78, 5) is 16.3.